The molecule has 2 aromatic heterocycles. The van der Waals surface area contributed by atoms with E-state index in [1.807, 2.05) is 0 Å². The zero-order valence-corrected chi connectivity index (χ0v) is 22.8. The van der Waals surface area contributed by atoms with Crippen molar-refractivity contribution in [3.05, 3.63) is 81.9 Å². The van der Waals surface area contributed by atoms with Gasteiger partial charge in [0, 0.05) is 84.5 Å². The number of pyridine rings is 1. The quantitative estimate of drug-likeness (QED) is 0.246. The van der Waals surface area contributed by atoms with E-state index < -0.39 is 28.0 Å². The van der Waals surface area contributed by atoms with Crippen molar-refractivity contribution in [2.45, 2.75) is 24.9 Å². The number of aliphatic hydroxyl groups is 2. The summed E-state index contributed by atoms with van der Waals surface area (Å²) in [5.41, 5.74) is 0.992. The fourth-order valence-corrected chi connectivity index (χ4v) is 5.94. The summed E-state index contributed by atoms with van der Waals surface area (Å²) in [5, 5.41) is 42.0. The number of amides is 1. The maximum atomic E-state index is 13.6. The first kappa shape index (κ1) is 29.4. The van der Waals surface area contributed by atoms with E-state index >= 15 is 0 Å². The molecule has 1 aromatic carbocycles. The Kier molecular flexibility index (Phi) is 9.32. The van der Waals surface area contributed by atoms with E-state index in [4.69, 9.17) is 11.6 Å². The lowest BCUT2D eigenvalue weighted by atomic mass is 10.0. The number of aliphatic hydroxyl groups excluding tert-OH is 2. The Morgan fingerprint density at radius 1 is 1.07 bits per heavy atom. The van der Waals surface area contributed by atoms with Crippen LogP contribution in [0, 0.1) is 5.21 Å². The second kappa shape index (κ2) is 12.7. The van der Waals surface area contributed by atoms with Crippen molar-refractivity contribution in [1.29, 1.82) is 0 Å². The first-order chi connectivity index (χ1) is 19.1. The van der Waals surface area contributed by atoms with E-state index in [1.165, 1.54) is 58.3 Å². The van der Waals surface area contributed by atoms with Crippen LogP contribution < -0.4 is 4.73 Å². The molecule has 2 atom stereocenters. The summed E-state index contributed by atoms with van der Waals surface area (Å²) in [5.74, 6) is -0.335. The topological polar surface area (TPSA) is 171 Å². The van der Waals surface area contributed by atoms with Crippen molar-refractivity contribution >= 4 is 33.6 Å². The molecule has 2 unspecified atom stereocenters. The second-order valence-electron chi connectivity index (χ2n) is 9.15. The first-order valence-electron chi connectivity index (χ1n) is 12.4. The van der Waals surface area contributed by atoms with Crippen LogP contribution in [0.5, 0.6) is 5.75 Å². The summed E-state index contributed by atoms with van der Waals surface area (Å²) in [6.45, 7) is -0.783. The van der Waals surface area contributed by atoms with Gasteiger partial charge >= 0.3 is 0 Å². The Bertz CT molecular complexity index is 1450. The Hall–Kier alpha value is -3.62. The summed E-state index contributed by atoms with van der Waals surface area (Å²) < 4.78 is 28.3. The molecule has 12 nitrogen and oxygen atoms in total. The number of phenolic OH excluding ortho intramolecular Hbond substituents is 1. The van der Waals surface area contributed by atoms with Crippen molar-refractivity contribution in [3.63, 3.8) is 0 Å². The number of hydrogen-bond donors (Lipinski definition) is 3. The summed E-state index contributed by atoms with van der Waals surface area (Å²) >= 11 is 5.84. The lowest BCUT2D eigenvalue weighted by Crippen LogP contribution is -2.61. The maximum absolute atomic E-state index is 13.6. The van der Waals surface area contributed by atoms with Gasteiger partial charge in [0.1, 0.15) is 5.75 Å². The van der Waals surface area contributed by atoms with Gasteiger partial charge in [0.25, 0.3) is 5.91 Å². The van der Waals surface area contributed by atoms with Crippen molar-refractivity contribution in [2.75, 3.05) is 26.3 Å². The van der Waals surface area contributed by atoms with Gasteiger partial charge < -0.3 is 25.4 Å². The van der Waals surface area contributed by atoms with Crippen LogP contribution in [0.15, 0.2) is 60.5 Å². The monoisotopic (exact) mass is 589 g/mol. The van der Waals surface area contributed by atoms with Crippen LogP contribution >= 0.6 is 11.6 Å². The highest BCUT2D eigenvalue weighted by molar-refractivity contribution is 7.92. The molecule has 212 valence electrons. The molecule has 14 heteroatoms. The van der Waals surface area contributed by atoms with E-state index in [1.54, 1.807) is 12.1 Å². The van der Waals surface area contributed by atoms with E-state index in [-0.39, 0.29) is 56.0 Å². The highest BCUT2D eigenvalue weighted by Crippen LogP contribution is 2.27. The number of rotatable bonds is 9. The molecular formula is C26H28ClN5O7S. The Morgan fingerprint density at radius 2 is 1.68 bits per heavy atom. The number of piperazine rings is 1. The standard InChI is InChI=1S/C26H28ClN5O7S/c27-21-2-1-18(24(35)13-21)7-12-40(38,39)31-16-22(5-10-33)32(23(17-31)6-11-34)26(36)20-14-28-25(29-15-20)19-3-8-30(37)9-4-19/h1-4,7-9,12-15,22-23,33-35H,5-6,10-11,16-17H2. The van der Waals surface area contributed by atoms with Gasteiger partial charge in [-0.1, -0.05) is 11.6 Å². The van der Waals surface area contributed by atoms with E-state index in [2.05, 4.69) is 9.97 Å². The first-order valence-corrected chi connectivity index (χ1v) is 14.2. The van der Waals surface area contributed by atoms with Gasteiger partial charge in [-0.15, -0.1) is 0 Å². The van der Waals surface area contributed by atoms with Gasteiger partial charge in [0.2, 0.25) is 10.0 Å². The number of benzene rings is 1. The van der Waals surface area contributed by atoms with Crippen LogP contribution in [0.1, 0.15) is 28.8 Å². The van der Waals surface area contributed by atoms with Gasteiger partial charge in [-0.2, -0.15) is 9.04 Å². The Labute approximate surface area is 236 Å². The molecule has 1 amide bonds. The molecule has 1 aliphatic rings. The maximum Gasteiger partial charge on any atom is 0.257 e. The van der Waals surface area contributed by atoms with E-state index in [9.17, 15) is 33.7 Å². The lowest BCUT2D eigenvalue weighted by Gasteiger charge is -2.46. The second-order valence-corrected chi connectivity index (χ2v) is 11.4. The van der Waals surface area contributed by atoms with E-state index in [0.29, 0.717) is 21.1 Å². The average molecular weight is 590 g/mol. The zero-order chi connectivity index (χ0) is 28.9. The minimum Gasteiger partial charge on any atom is -0.619 e. The zero-order valence-electron chi connectivity index (χ0n) is 21.2. The number of aromatic hydroxyl groups is 1. The van der Waals surface area contributed by atoms with Gasteiger partial charge in [0.05, 0.1) is 5.56 Å². The van der Waals surface area contributed by atoms with Crippen molar-refractivity contribution in [3.8, 4) is 17.1 Å². The highest BCUT2D eigenvalue weighted by atomic mass is 35.5. The fraction of sp³-hybridized carbons (Fsp3) is 0.308. The number of hydrogen-bond acceptors (Lipinski definition) is 9. The number of nitrogens with zero attached hydrogens (tertiary/aromatic N) is 5. The predicted molar refractivity (Wildman–Crippen MR) is 146 cm³/mol. The SMILES string of the molecule is O=C(c1cnc(-c2cc[n+]([O-])cc2)nc1)N1C(CCO)CN(S(=O)(=O)C=Cc2ccc(Cl)cc2O)CC1CCO. The summed E-state index contributed by atoms with van der Waals surface area (Å²) in [4.78, 5) is 23.6. The minimum atomic E-state index is -4.01. The number of halogens is 1. The van der Waals surface area contributed by atoms with Gasteiger partial charge in [0.15, 0.2) is 18.2 Å². The number of carbonyl (C=O) groups excluding carboxylic acids is 1. The lowest BCUT2D eigenvalue weighted by molar-refractivity contribution is -0.605. The Morgan fingerprint density at radius 3 is 2.23 bits per heavy atom. The number of carbonyl (C=O) groups is 1. The molecule has 3 heterocycles. The number of aromatic nitrogens is 3. The van der Waals surface area contributed by atoms with Gasteiger partial charge in [-0.25, -0.2) is 18.4 Å². The number of sulfonamides is 1. The third kappa shape index (κ3) is 6.74. The van der Waals surface area contributed by atoms with Gasteiger partial charge in [-0.05, 0) is 37.1 Å². The smallest absolute Gasteiger partial charge is 0.257 e. The fourth-order valence-electron chi connectivity index (χ4n) is 4.52. The third-order valence-corrected chi connectivity index (χ3v) is 8.24. The minimum absolute atomic E-state index is 0.0916. The van der Waals surface area contributed by atoms with Crippen LogP contribution in [0.25, 0.3) is 17.5 Å². The van der Waals surface area contributed by atoms with Crippen LogP contribution in [-0.2, 0) is 10.0 Å². The van der Waals surface area contributed by atoms with Crippen LogP contribution in [0.4, 0.5) is 0 Å². The third-order valence-electron chi connectivity index (χ3n) is 6.51. The molecule has 1 saturated heterocycles. The van der Waals surface area contributed by atoms with E-state index in [0.717, 1.165) is 5.41 Å². The molecule has 0 spiro atoms. The molecule has 0 aliphatic carbocycles. The normalized spacial score (nSPS) is 18.3. The van der Waals surface area contributed by atoms with Crippen molar-refractivity contribution in [1.82, 2.24) is 19.2 Å². The average Bonchev–Trinajstić information content (AvgIpc) is 2.93. The molecule has 1 fully saturated rings. The molecule has 40 heavy (non-hydrogen) atoms. The molecule has 3 N–H and O–H groups in total. The van der Waals surface area contributed by atoms with Crippen molar-refractivity contribution < 1.29 is 33.3 Å². The van der Waals surface area contributed by atoms with Crippen LogP contribution in [-0.4, -0.2) is 87.2 Å². The molecular weight excluding hydrogens is 562 g/mol. The summed E-state index contributed by atoms with van der Waals surface area (Å²) in [6.07, 6.45) is 6.75. The number of phenols is 1. The van der Waals surface area contributed by atoms with Gasteiger partial charge in [-0.3, -0.25) is 4.79 Å². The highest BCUT2D eigenvalue weighted by Gasteiger charge is 2.40. The van der Waals surface area contributed by atoms with Crippen LogP contribution in [0.2, 0.25) is 5.02 Å². The molecule has 0 saturated carbocycles. The molecule has 1 aliphatic heterocycles. The van der Waals surface area contributed by atoms with Crippen LogP contribution in [0.3, 0.4) is 0 Å². The molecule has 0 bridgehead atoms. The Balaban J connectivity index is 1.58. The summed E-state index contributed by atoms with van der Waals surface area (Å²) in [6, 6.07) is 5.98. The summed E-state index contributed by atoms with van der Waals surface area (Å²) in [7, 11) is -4.01. The predicted octanol–water partition coefficient (Wildman–Crippen LogP) is 1.40. The molecule has 0 radical (unpaired) electrons. The largest absolute Gasteiger partial charge is 0.619 e. The molecule has 4 rings (SSSR count). The van der Waals surface area contributed by atoms with Crippen molar-refractivity contribution in [2.24, 2.45) is 0 Å². The molecule has 3 aromatic rings.